The number of rotatable bonds is 7. The van der Waals surface area contributed by atoms with Crippen molar-refractivity contribution in [2.75, 3.05) is 19.8 Å². The van der Waals surface area contributed by atoms with Gasteiger partial charge in [-0.3, -0.25) is 5.10 Å². The van der Waals surface area contributed by atoms with Crippen LogP contribution >= 0.6 is 0 Å². The van der Waals surface area contributed by atoms with Crippen LogP contribution in [0.15, 0.2) is 29.2 Å². The molecule has 0 fully saturated rings. The summed E-state index contributed by atoms with van der Waals surface area (Å²) in [5.41, 5.74) is 4.15. The lowest BCUT2D eigenvalue weighted by Crippen LogP contribution is -2.39. The van der Waals surface area contributed by atoms with E-state index in [1.807, 2.05) is 20.8 Å². The molecule has 8 heteroatoms. The van der Waals surface area contributed by atoms with Gasteiger partial charge in [0.05, 0.1) is 16.6 Å². The van der Waals surface area contributed by atoms with Crippen LogP contribution < -0.4 is 5.32 Å². The van der Waals surface area contributed by atoms with E-state index in [9.17, 15) is 13.2 Å². The van der Waals surface area contributed by atoms with E-state index in [4.69, 9.17) is 0 Å². The normalized spacial score (nSPS) is 12.6. The summed E-state index contributed by atoms with van der Waals surface area (Å²) < 4.78 is 23.1. The lowest BCUT2D eigenvalue weighted by molar-refractivity contribution is 0.205. The molecule has 0 bridgehead atoms. The molecule has 1 aromatic carbocycles. The third-order valence-electron chi connectivity index (χ3n) is 4.70. The molecule has 0 radical (unpaired) electrons. The van der Waals surface area contributed by atoms with E-state index in [0.29, 0.717) is 6.54 Å². The summed E-state index contributed by atoms with van der Waals surface area (Å²) in [7, 11) is -1.45. The first-order valence-electron chi connectivity index (χ1n) is 8.91. The number of H-pyrrole nitrogens is 1. The van der Waals surface area contributed by atoms with Gasteiger partial charge in [0.15, 0.2) is 9.84 Å². The van der Waals surface area contributed by atoms with E-state index >= 15 is 0 Å². The molecule has 0 saturated heterocycles. The smallest absolute Gasteiger partial charge is 0.317 e. The Morgan fingerprint density at radius 2 is 1.89 bits per heavy atom. The minimum atomic E-state index is -3.22. The van der Waals surface area contributed by atoms with Gasteiger partial charge in [-0.2, -0.15) is 5.10 Å². The van der Waals surface area contributed by atoms with Crippen molar-refractivity contribution in [1.29, 1.82) is 0 Å². The van der Waals surface area contributed by atoms with Gasteiger partial charge in [-0.05, 0) is 56.9 Å². The average Bonchev–Trinajstić information content (AvgIpc) is 2.92. The van der Waals surface area contributed by atoms with E-state index in [1.54, 1.807) is 36.2 Å². The van der Waals surface area contributed by atoms with Crippen molar-refractivity contribution >= 4 is 15.9 Å². The predicted molar refractivity (Wildman–Crippen MR) is 106 cm³/mol. The number of nitrogens with zero attached hydrogens (tertiary/aromatic N) is 2. The minimum absolute atomic E-state index is 0.157. The average molecular weight is 393 g/mol. The number of nitrogens with one attached hydrogen (secondary N) is 2. The van der Waals surface area contributed by atoms with Gasteiger partial charge in [-0.15, -0.1) is 0 Å². The molecule has 0 aliphatic rings. The van der Waals surface area contributed by atoms with Crippen LogP contribution in [0.1, 0.15) is 41.9 Å². The number of aromatic nitrogens is 2. The number of aromatic amines is 1. The van der Waals surface area contributed by atoms with Crippen LogP contribution in [0.2, 0.25) is 0 Å². The lowest BCUT2D eigenvalue weighted by atomic mass is 10.1. The predicted octanol–water partition coefficient (Wildman–Crippen LogP) is 2.77. The zero-order valence-electron chi connectivity index (χ0n) is 16.5. The highest BCUT2D eigenvalue weighted by Gasteiger charge is 2.15. The number of urea groups is 1. The molecule has 2 amide bonds. The van der Waals surface area contributed by atoms with E-state index in [1.165, 1.54) is 11.8 Å². The van der Waals surface area contributed by atoms with Gasteiger partial charge in [0.2, 0.25) is 0 Å². The van der Waals surface area contributed by atoms with Crippen molar-refractivity contribution in [2.45, 2.75) is 44.6 Å². The number of carbonyl (C=O) groups is 1. The second-order valence-electron chi connectivity index (χ2n) is 6.95. The number of aryl methyl sites for hydroxylation is 2. The zero-order chi connectivity index (χ0) is 20.2. The molecule has 1 atom stereocenters. The summed E-state index contributed by atoms with van der Waals surface area (Å²) in [5.74, 6) is 0. The summed E-state index contributed by atoms with van der Waals surface area (Å²) >= 11 is 0. The maximum absolute atomic E-state index is 12.4. The van der Waals surface area contributed by atoms with E-state index in [2.05, 4.69) is 15.5 Å². The molecule has 2 aromatic rings. The SMILES string of the molecule is Cc1n[nH]c(C)c1CCCN(C)C(=O)NC(C)c1ccc(S(C)(=O)=O)cc1. The molecule has 1 heterocycles. The molecular formula is C19H28N4O3S. The van der Waals surface area contributed by atoms with E-state index in [-0.39, 0.29) is 17.0 Å². The first kappa shape index (κ1) is 21.0. The van der Waals surface area contributed by atoms with Crippen molar-refractivity contribution in [2.24, 2.45) is 0 Å². The number of carbonyl (C=O) groups excluding carboxylic acids is 1. The third-order valence-corrected chi connectivity index (χ3v) is 5.82. The highest BCUT2D eigenvalue weighted by molar-refractivity contribution is 7.90. The summed E-state index contributed by atoms with van der Waals surface area (Å²) in [5, 5.41) is 10.1. The Hall–Kier alpha value is -2.35. The fourth-order valence-electron chi connectivity index (χ4n) is 2.92. The van der Waals surface area contributed by atoms with Crippen LogP contribution in [-0.2, 0) is 16.3 Å². The third kappa shape index (κ3) is 5.56. The van der Waals surface area contributed by atoms with Crippen LogP contribution in [0.4, 0.5) is 4.79 Å². The maximum atomic E-state index is 12.4. The van der Waals surface area contributed by atoms with Crippen molar-refractivity contribution in [3.05, 3.63) is 46.8 Å². The summed E-state index contributed by atoms with van der Waals surface area (Å²) in [4.78, 5) is 14.3. The van der Waals surface area contributed by atoms with Gasteiger partial charge in [-0.1, -0.05) is 12.1 Å². The standard InChI is InChI=1S/C19H28N4O3S/c1-13(16-8-10-17(11-9-16)27(5,25)26)20-19(24)23(4)12-6-7-18-14(2)21-22-15(18)3/h8-11,13H,6-7,12H2,1-5H3,(H,20,24)(H,21,22). The molecule has 27 heavy (non-hydrogen) atoms. The van der Waals surface area contributed by atoms with Crippen molar-refractivity contribution in [3.8, 4) is 0 Å². The van der Waals surface area contributed by atoms with E-state index < -0.39 is 9.84 Å². The second-order valence-corrected chi connectivity index (χ2v) is 8.97. The van der Waals surface area contributed by atoms with Gasteiger partial charge in [0.1, 0.15) is 0 Å². The Balaban J connectivity index is 1.86. The summed E-state index contributed by atoms with van der Waals surface area (Å²) in [6.45, 7) is 6.49. The highest BCUT2D eigenvalue weighted by atomic mass is 32.2. The Bertz CT molecular complexity index is 869. The molecule has 2 rings (SSSR count). The molecule has 0 aliphatic carbocycles. The number of sulfone groups is 1. The number of hydrogen-bond acceptors (Lipinski definition) is 4. The first-order chi connectivity index (χ1) is 12.6. The van der Waals surface area contributed by atoms with Crippen LogP contribution in [-0.4, -0.2) is 49.4 Å². The summed E-state index contributed by atoms with van der Waals surface area (Å²) in [6, 6.07) is 6.21. The highest BCUT2D eigenvalue weighted by Crippen LogP contribution is 2.17. The number of hydrogen-bond donors (Lipinski definition) is 2. The molecule has 1 unspecified atom stereocenters. The molecular weight excluding hydrogens is 364 g/mol. The maximum Gasteiger partial charge on any atom is 0.317 e. The molecule has 0 spiro atoms. The second kappa shape index (κ2) is 8.56. The van der Waals surface area contributed by atoms with Crippen LogP contribution in [0.5, 0.6) is 0 Å². The lowest BCUT2D eigenvalue weighted by Gasteiger charge is -2.22. The summed E-state index contributed by atoms with van der Waals surface area (Å²) in [6.07, 6.45) is 2.89. The molecule has 0 aliphatic heterocycles. The van der Waals surface area contributed by atoms with Crippen molar-refractivity contribution in [1.82, 2.24) is 20.4 Å². The number of amides is 2. The Labute approximate surface area is 161 Å². The van der Waals surface area contributed by atoms with Gasteiger partial charge >= 0.3 is 6.03 Å². The van der Waals surface area contributed by atoms with Crippen LogP contribution in [0.3, 0.4) is 0 Å². The number of benzene rings is 1. The van der Waals surface area contributed by atoms with Gasteiger partial charge in [0, 0.05) is 25.5 Å². The molecule has 1 aromatic heterocycles. The van der Waals surface area contributed by atoms with E-state index in [0.717, 1.165) is 29.8 Å². The Morgan fingerprint density at radius 3 is 2.41 bits per heavy atom. The van der Waals surface area contributed by atoms with Gasteiger partial charge < -0.3 is 10.2 Å². The van der Waals surface area contributed by atoms with Crippen molar-refractivity contribution < 1.29 is 13.2 Å². The topological polar surface area (TPSA) is 95.2 Å². The van der Waals surface area contributed by atoms with Gasteiger partial charge in [-0.25, -0.2) is 13.2 Å². The Morgan fingerprint density at radius 1 is 1.26 bits per heavy atom. The fourth-order valence-corrected chi connectivity index (χ4v) is 3.55. The Kier molecular flexibility index (Phi) is 6.64. The van der Waals surface area contributed by atoms with Crippen molar-refractivity contribution in [3.63, 3.8) is 0 Å². The van der Waals surface area contributed by atoms with Crippen LogP contribution in [0.25, 0.3) is 0 Å². The fraction of sp³-hybridized carbons (Fsp3) is 0.474. The molecule has 7 nitrogen and oxygen atoms in total. The largest absolute Gasteiger partial charge is 0.331 e. The zero-order valence-corrected chi connectivity index (χ0v) is 17.4. The molecule has 148 valence electrons. The monoisotopic (exact) mass is 392 g/mol. The van der Waals surface area contributed by atoms with Crippen LogP contribution in [0, 0.1) is 13.8 Å². The minimum Gasteiger partial charge on any atom is -0.331 e. The quantitative estimate of drug-likeness (QED) is 0.757. The molecule has 2 N–H and O–H groups in total. The first-order valence-corrected chi connectivity index (χ1v) is 10.8. The van der Waals surface area contributed by atoms with Gasteiger partial charge in [0.25, 0.3) is 0 Å². The molecule has 0 saturated carbocycles.